The monoisotopic (exact) mass is 315 g/mol. The highest BCUT2D eigenvalue weighted by atomic mass is 16.5. The van der Waals surface area contributed by atoms with Crippen LogP contribution in [0.1, 0.15) is 35.0 Å². The Kier molecular flexibility index (Phi) is 4.10. The minimum absolute atomic E-state index is 0.0257. The van der Waals surface area contributed by atoms with E-state index in [1.54, 1.807) is 38.2 Å². The Morgan fingerprint density at radius 1 is 1.30 bits per heavy atom. The van der Waals surface area contributed by atoms with E-state index in [0.717, 1.165) is 12.8 Å². The van der Waals surface area contributed by atoms with Gasteiger partial charge < -0.3 is 14.1 Å². The predicted molar refractivity (Wildman–Crippen MR) is 80.7 cm³/mol. The molecule has 3 rings (SSSR count). The molecule has 2 aromatic rings. The molecular formula is C16H17N3O4. The van der Waals surface area contributed by atoms with Crippen LogP contribution >= 0.6 is 0 Å². The van der Waals surface area contributed by atoms with E-state index in [1.807, 2.05) is 0 Å². The molecule has 7 heteroatoms. The van der Waals surface area contributed by atoms with Crippen molar-refractivity contribution in [3.63, 3.8) is 0 Å². The van der Waals surface area contributed by atoms with Gasteiger partial charge in [-0.3, -0.25) is 4.79 Å². The van der Waals surface area contributed by atoms with Crippen molar-refractivity contribution in [1.82, 2.24) is 10.2 Å². The Labute approximate surface area is 133 Å². The lowest BCUT2D eigenvalue weighted by Gasteiger charge is -2.19. The molecule has 1 aliphatic rings. The summed E-state index contributed by atoms with van der Waals surface area (Å²) in [6, 6.07) is 6.87. The number of hydrogen-bond donors (Lipinski definition) is 0. The zero-order valence-corrected chi connectivity index (χ0v) is 13.0. The molecule has 0 N–H and O–H groups in total. The SMILES string of the molecule is Cc1nnc(COC(=O)c2ccccc2N(C)C(=O)C2CC2)o1. The standard InChI is InChI=1S/C16H17N3O4/c1-10-17-18-14(23-10)9-22-16(21)12-5-3-4-6-13(12)19(2)15(20)11-7-8-11/h3-6,11H,7-9H2,1-2H3. The molecule has 0 aliphatic heterocycles. The lowest BCUT2D eigenvalue weighted by molar-refractivity contribution is -0.119. The third-order valence-electron chi connectivity index (χ3n) is 3.64. The van der Waals surface area contributed by atoms with Gasteiger partial charge in [0.15, 0.2) is 6.61 Å². The first kappa shape index (κ1) is 15.2. The van der Waals surface area contributed by atoms with Gasteiger partial charge in [0.25, 0.3) is 5.89 Å². The van der Waals surface area contributed by atoms with Crippen molar-refractivity contribution in [3.8, 4) is 0 Å². The van der Waals surface area contributed by atoms with Crippen LogP contribution < -0.4 is 4.90 Å². The normalized spacial score (nSPS) is 13.7. The van der Waals surface area contributed by atoms with Crippen LogP contribution in [0, 0.1) is 12.8 Å². The van der Waals surface area contributed by atoms with Crippen LogP contribution in [0.2, 0.25) is 0 Å². The number of para-hydroxylation sites is 1. The topological polar surface area (TPSA) is 85.5 Å². The van der Waals surface area contributed by atoms with E-state index in [-0.39, 0.29) is 24.3 Å². The Morgan fingerprint density at radius 2 is 2.04 bits per heavy atom. The second-order valence-electron chi connectivity index (χ2n) is 5.48. The fourth-order valence-corrected chi connectivity index (χ4v) is 2.26. The van der Waals surface area contributed by atoms with E-state index >= 15 is 0 Å². The number of aromatic nitrogens is 2. The fourth-order valence-electron chi connectivity index (χ4n) is 2.26. The molecule has 1 fully saturated rings. The molecule has 1 aromatic heterocycles. The average molecular weight is 315 g/mol. The molecule has 1 aliphatic carbocycles. The third-order valence-corrected chi connectivity index (χ3v) is 3.64. The fraction of sp³-hybridized carbons (Fsp3) is 0.375. The van der Waals surface area contributed by atoms with Gasteiger partial charge >= 0.3 is 5.97 Å². The van der Waals surface area contributed by atoms with E-state index in [0.29, 0.717) is 17.1 Å². The van der Waals surface area contributed by atoms with Crippen LogP contribution in [0.3, 0.4) is 0 Å². The lowest BCUT2D eigenvalue weighted by Crippen LogP contribution is -2.29. The minimum Gasteiger partial charge on any atom is -0.452 e. The van der Waals surface area contributed by atoms with Gasteiger partial charge in [0.05, 0.1) is 11.3 Å². The molecule has 1 saturated carbocycles. The summed E-state index contributed by atoms with van der Waals surface area (Å²) in [5.41, 5.74) is 0.872. The van der Waals surface area contributed by atoms with Crippen molar-refractivity contribution >= 4 is 17.6 Å². The Morgan fingerprint density at radius 3 is 2.70 bits per heavy atom. The number of carbonyl (C=O) groups is 2. The Bertz CT molecular complexity index is 736. The summed E-state index contributed by atoms with van der Waals surface area (Å²) in [5.74, 6) is 0.206. The van der Waals surface area contributed by atoms with Crippen molar-refractivity contribution in [2.45, 2.75) is 26.4 Å². The number of amides is 1. The molecule has 0 spiro atoms. The molecule has 120 valence electrons. The summed E-state index contributed by atoms with van der Waals surface area (Å²) in [6.45, 7) is 1.56. The van der Waals surface area contributed by atoms with Crippen LogP contribution in [0.15, 0.2) is 28.7 Å². The highest BCUT2D eigenvalue weighted by molar-refractivity contribution is 6.03. The molecule has 7 nitrogen and oxygen atoms in total. The number of anilines is 1. The first-order chi connectivity index (χ1) is 11.1. The maximum absolute atomic E-state index is 12.3. The summed E-state index contributed by atoms with van der Waals surface area (Å²) in [7, 11) is 1.67. The summed E-state index contributed by atoms with van der Waals surface area (Å²) in [5, 5.41) is 7.44. The highest BCUT2D eigenvalue weighted by Crippen LogP contribution is 2.33. The van der Waals surface area contributed by atoms with Gasteiger partial charge in [-0.15, -0.1) is 10.2 Å². The molecule has 1 amide bonds. The number of carbonyl (C=O) groups excluding carboxylic acids is 2. The van der Waals surface area contributed by atoms with Gasteiger partial charge in [0.2, 0.25) is 11.8 Å². The van der Waals surface area contributed by atoms with E-state index in [4.69, 9.17) is 9.15 Å². The van der Waals surface area contributed by atoms with Crippen LogP contribution in [-0.4, -0.2) is 29.1 Å². The average Bonchev–Trinajstić information content (AvgIpc) is 3.33. The molecule has 0 bridgehead atoms. The Balaban J connectivity index is 1.73. The largest absolute Gasteiger partial charge is 0.452 e. The molecule has 1 heterocycles. The molecular weight excluding hydrogens is 298 g/mol. The zero-order chi connectivity index (χ0) is 16.4. The maximum atomic E-state index is 12.3. The number of nitrogens with zero attached hydrogens (tertiary/aromatic N) is 3. The van der Waals surface area contributed by atoms with Gasteiger partial charge in [0, 0.05) is 19.9 Å². The molecule has 0 saturated heterocycles. The molecule has 0 atom stereocenters. The van der Waals surface area contributed by atoms with Gasteiger partial charge in [-0.2, -0.15) is 0 Å². The molecule has 0 radical (unpaired) electrons. The van der Waals surface area contributed by atoms with Gasteiger partial charge in [-0.05, 0) is 25.0 Å². The van der Waals surface area contributed by atoms with Gasteiger partial charge in [-0.1, -0.05) is 12.1 Å². The zero-order valence-electron chi connectivity index (χ0n) is 13.0. The van der Waals surface area contributed by atoms with Crippen LogP contribution in [0.25, 0.3) is 0 Å². The van der Waals surface area contributed by atoms with Gasteiger partial charge in [0.1, 0.15) is 0 Å². The highest BCUT2D eigenvalue weighted by Gasteiger charge is 2.33. The van der Waals surface area contributed by atoms with Crippen LogP contribution in [0.5, 0.6) is 0 Å². The van der Waals surface area contributed by atoms with Crippen molar-refractivity contribution in [1.29, 1.82) is 0 Å². The Hall–Kier alpha value is -2.70. The van der Waals surface area contributed by atoms with E-state index in [2.05, 4.69) is 10.2 Å². The van der Waals surface area contributed by atoms with Crippen molar-refractivity contribution in [3.05, 3.63) is 41.6 Å². The van der Waals surface area contributed by atoms with Crippen molar-refractivity contribution in [2.75, 3.05) is 11.9 Å². The number of aryl methyl sites for hydroxylation is 1. The number of rotatable bonds is 5. The van der Waals surface area contributed by atoms with Crippen LogP contribution in [0.4, 0.5) is 5.69 Å². The summed E-state index contributed by atoms with van der Waals surface area (Å²) in [6.07, 6.45) is 1.82. The first-order valence-corrected chi connectivity index (χ1v) is 7.39. The van der Waals surface area contributed by atoms with Gasteiger partial charge in [-0.25, -0.2) is 4.79 Å². The van der Waals surface area contributed by atoms with E-state index in [1.165, 1.54) is 4.90 Å². The van der Waals surface area contributed by atoms with Crippen molar-refractivity contribution < 1.29 is 18.7 Å². The van der Waals surface area contributed by atoms with Crippen molar-refractivity contribution in [2.24, 2.45) is 5.92 Å². The first-order valence-electron chi connectivity index (χ1n) is 7.39. The molecule has 1 aromatic carbocycles. The number of benzene rings is 1. The molecule has 23 heavy (non-hydrogen) atoms. The van der Waals surface area contributed by atoms with E-state index < -0.39 is 5.97 Å². The summed E-state index contributed by atoms with van der Waals surface area (Å²) in [4.78, 5) is 26.0. The second-order valence-corrected chi connectivity index (χ2v) is 5.48. The quantitative estimate of drug-likeness (QED) is 0.786. The third kappa shape index (κ3) is 3.39. The smallest absolute Gasteiger partial charge is 0.340 e. The van der Waals surface area contributed by atoms with Crippen LogP contribution in [-0.2, 0) is 16.1 Å². The summed E-state index contributed by atoms with van der Waals surface area (Å²) < 4.78 is 10.4. The summed E-state index contributed by atoms with van der Waals surface area (Å²) >= 11 is 0. The minimum atomic E-state index is -0.535. The van der Waals surface area contributed by atoms with E-state index in [9.17, 15) is 9.59 Å². The predicted octanol–water partition coefficient (Wildman–Crippen LogP) is 2.11. The molecule has 0 unspecified atom stereocenters. The number of esters is 1. The second kappa shape index (κ2) is 6.20. The number of hydrogen-bond acceptors (Lipinski definition) is 6. The maximum Gasteiger partial charge on any atom is 0.340 e. The lowest BCUT2D eigenvalue weighted by atomic mass is 10.1. The number of ether oxygens (including phenoxy) is 1.